The van der Waals surface area contributed by atoms with Crippen LogP contribution in [0.25, 0.3) is 0 Å². The molecule has 0 heterocycles. The molecule has 0 bridgehead atoms. The van der Waals surface area contributed by atoms with Crippen LogP contribution in [0.4, 0.5) is 5.69 Å². The average Bonchev–Trinajstić information content (AvgIpc) is 2.32. The predicted octanol–water partition coefficient (Wildman–Crippen LogP) is 3.15. The zero-order valence-electron chi connectivity index (χ0n) is 10.3. The summed E-state index contributed by atoms with van der Waals surface area (Å²) in [5, 5.41) is 2.93. The lowest BCUT2D eigenvalue weighted by Crippen LogP contribution is -2.41. The molecule has 0 aliphatic carbocycles. The van der Waals surface area contributed by atoms with E-state index in [2.05, 4.69) is 21.2 Å². The van der Waals surface area contributed by atoms with Crippen molar-refractivity contribution in [2.24, 2.45) is 11.1 Å². The van der Waals surface area contributed by atoms with Crippen LogP contribution >= 0.6 is 15.9 Å². The Bertz CT molecular complexity index is 380. The van der Waals surface area contributed by atoms with Gasteiger partial charge in [-0.15, -0.1) is 0 Å². The molecule has 0 atom stereocenters. The van der Waals surface area contributed by atoms with E-state index < -0.39 is 5.41 Å². The molecule has 3 N–H and O–H groups in total. The van der Waals surface area contributed by atoms with Gasteiger partial charge in [0.2, 0.25) is 5.91 Å². The number of carbonyl (C=O) groups is 1. The van der Waals surface area contributed by atoms with Gasteiger partial charge in [0, 0.05) is 16.7 Å². The minimum Gasteiger partial charge on any atom is -0.329 e. The van der Waals surface area contributed by atoms with E-state index in [-0.39, 0.29) is 5.91 Å². The number of rotatable bonds is 5. The van der Waals surface area contributed by atoms with E-state index in [0.29, 0.717) is 6.54 Å². The van der Waals surface area contributed by atoms with Crippen LogP contribution in [0, 0.1) is 5.41 Å². The topological polar surface area (TPSA) is 55.1 Å². The smallest absolute Gasteiger partial charge is 0.231 e. The van der Waals surface area contributed by atoms with Gasteiger partial charge in [-0.3, -0.25) is 4.79 Å². The summed E-state index contributed by atoms with van der Waals surface area (Å²) in [6, 6.07) is 7.56. The Balaban J connectivity index is 2.84. The number of benzene rings is 1. The first kappa shape index (κ1) is 14.2. The van der Waals surface area contributed by atoms with Gasteiger partial charge in [0.1, 0.15) is 0 Å². The zero-order chi connectivity index (χ0) is 12.9. The second kappa shape index (κ2) is 6.17. The van der Waals surface area contributed by atoms with Crippen LogP contribution in [-0.4, -0.2) is 12.5 Å². The minimum atomic E-state index is -0.456. The van der Waals surface area contributed by atoms with Gasteiger partial charge in [-0.25, -0.2) is 0 Å². The molecule has 3 nitrogen and oxygen atoms in total. The molecule has 1 rings (SSSR count). The fourth-order valence-corrected chi connectivity index (χ4v) is 2.18. The summed E-state index contributed by atoms with van der Waals surface area (Å²) < 4.78 is 0.946. The summed E-state index contributed by atoms with van der Waals surface area (Å²) >= 11 is 3.38. The fourth-order valence-electron chi connectivity index (χ4n) is 1.78. The third-order valence-corrected chi connectivity index (χ3v) is 3.80. The monoisotopic (exact) mass is 298 g/mol. The van der Waals surface area contributed by atoms with Gasteiger partial charge < -0.3 is 11.1 Å². The van der Waals surface area contributed by atoms with E-state index in [1.54, 1.807) is 0 Å². The molecule has 1 aromatic carbocycles. The Morgan fingerprint density at radius 1 is 1.41 bits per heavy atom. The Morgan fingerprint density at radius 3 is 2.53 bits per heavy atom. The number of nitrogens with two attached hydrogens (primary N) is 1. The summed E-state index contributed by atoms with van der Waals surface area (Å²) in [5.41, 5.74) is 6.08. The van der Waals surface area contributed by atoms with Gasteiger partial charge in [-0.05, 0) is 31.0 Å². The Hall–Kier alpha value is -0.870. The molecular weight excluding hydrogens is 280 g/mol. The van der Waals surface area contributed by atoms with E-state index >= 15 is 0 Å². The van der Waals surface area contributed by atoms with Gasteiger partial charge in [0.15, 0.2) is 0 Å². The van der Waals surface area contributed by atoms with Gasteiger partial charge in [-0.1, -0.05) is 35.8 Å². The molecule has 0 aliphatic heterocycles. The molecule has 1 aromatic rings. The summed E-state index contributed by atoms with van der Waals surface area (Å²) in [5.74, 6) is 0.00287. The summed E-state index contributed by atoms with van der Waals surface area (Å²) in [4.78, 5) is 12.2. The quantitative estimate of drug-likeness (QED) is 0.877. The fraction of sp³-hybridized carbons (Fsp3) is 0.462. The van der Waals surface area contributed by atoms with Gasteiger partial charge in [-0.2, -0.15) is 0 Å². The van der Waals surface area contributed by atoms with Crippen molar-refractivity contribution in [2.45, 2.75) is 26.7 Å². The maximum absolute atomic E-state index is 12.2. The van der Waals surface area contributed by atoms with Crippen LogP contribution in [0.5, 0.6) is 0 Å². The molecule has 0 fully saturated rings. The van der Waals surface area contributed by atoms with Crippen molar-refractivity contribution >= 4 is 27.5 Å². The van der Waals surface area contributed by atoms with Crippen molar-refractivity contribution in [3.05, 3.63) is 28.7 Å². The SMILES string of the molecule is CCC(CC)(CN)C(=O)Nc1cccc(Br)c1. The van der Waals surface area contributed by atoms with Gasteiger partial charge >= 0.3 is 0 Å². The highest BCUT2D eigenvalue weighted by Crippen LogP contribution is 2.27. The Kier molecular flexibility index (Phi) is 5.15. The van der Waals surface area contributed by atoms with Crippen molar-refractivity contribution < 1.29 is 4.79 Å². The summed E-state index contributed by atoms with van der Waals surface area (Å²) in [6.45, 7) is 4.37. The molecule has 4 heteroatoms. The molecule has 0 spiro atoms. The molecule has 0 unspecified atom stereocenters. The number of hydrogen-bond acceptors (Lipinski definition) is 2. The summed E-state index contributed by atoms with van der Waals surface area (Å²) in [7, 11) is 0. The number of amides is 1. The van der Waals surface area contributed by atoms with Crippen LogP contribution < -0.4 is 11.1 Å². The minimum absolute atomic E-state index is 0.00287. The lowest BCUT2D eigenvalue weighted by Gasteiger charge is -2.28. The maximum Gasteiger partial charge on any atom is 0.231 e. The van der Waals surface area contributed by atoms with Crippen molar-refractivity contribution in [2.75, 3.05) is 11.9 Å². The largest absolute Gasteiger partial charge is 0.329 e. The van der Waals surface area contributed by atoms with Crippen LogP contribution in [-0.2, 0) is 4.79 Å². The van der Waals surface area contributed by atoms with Crippen LogP contribution in [0.3, 0.4) is 0 Å². The van der Waals surface area contributed by atoms with E-state index in [0.717, 1.165) is 23.0 Å². The maximum atomic E-state index is 12.2. The van der Waals surface area contributed by atoms with Gasteiger partial charge in [0.25, 0.3) is 0 Å². The molecule has 17 heavy (non-hydrogen) atoms. The van der Waals surface area contributed by atoms with E-state index in [1.165, 1.54) is 0 Å². The molecule has 0 radical (unpaired) electrons. The molecular formula is C13H19BrN2O. The molecule has 0 aliphatic rings. The van der Waals surface area contributed by atoms with E-state index in [9.17, 15) is 4.79 Å². The highest BCUT2D eigenvalue weighted by molar-refractivity contribution is 9.10. The number of halogens is 1. The summed E-state index contributed by atoms with van der Waals surface area (Å²) in [6.07, 6.45) is 1.50. The molecule has 0 saturated carbocycles. The third kappa shape index (κ3) is 3.30. The molecule has 1 amide bonds. The predicted molar refractivity (Wildman–Crippen MR) is 74.8 cm³/mol. The number of carbonyl (C=O) groups excluding carboxylic acids is 1. The molecule has 0 saturated heterocycles. The lowest BCUT2D eigenvalue weighted by molar-refractivity contribution is -0.125. The van der Waals surface area contributed by atoms with Crippen molar-refractivity contribution in [1.82, 2.24) is 0 Å². The highest BCUT2D eigenvalue weighted by Gasteiger charge is 2.33. The average molecular weight is 299 g/mol. The van der Waals surface area contributed by atoms with Crippen molar-refractivity contribution in [3.8, 4) is 0 Å². The second-order valence-corrected chi connectivity index (χ2v) is 5.07. The van der Waals surface area contributed by atoms with E-state index in [4.69, 9.17) is 5.73 Å². The van der Waals surface area contributed by atoms with Gasteiger partial charge in [0.05, 0.1) is 5.41 Å². The number of hydrogen-bond donors (Lipinski definition) is 2. The number of anilines is 1. The van der Waals surface area contributed by atoms with Crippen LogP contribution in [0.15, 0.2) is 28.7 Å². The highest BCUT2D eigenvalue weighted by atomic mass is 79.9. The first-order valence-electron chi connectivity index (χ1n) is 5.85. The third-order valence-electron chi connectivity index (χ3n) is 3.31. The Labute approximate surface area is 111 Å². The Morgan fingerprint density at radius 2 is 2.06 bits per heavy atom. The van der Waals surface area contributed by atoms with Crippen LogP contribution in [0.1, 0.15) is 26.7 Å². The lowest BCUT2D eigenvalue weighted by atomic mass is 9.81. The first-order chi connectivity index (χ1) is 8.07. The van der Waals surface area contributed by atoms with Crippen molar-refractivity contribution in [1.29, 1.82) is 0 Å². The molecule has 0 aromatic heterocycles. The molecule has 94 valence electrons. The van der Waals surface area contributed by atoms with Crippen molar-refractivity contribution in [3.63, 3.8) is 0 Å². The first-order valence-corrected chi connectivity index (χ1v) is 6.64. The normalized spacial score (nSPS) is 11.3. The second-order valence-electron chi connectivity index (χ2n) is 4.16. The number of nitrogens with one attached hydrogen (secondary N) is 1. The zero-order valence-corrected chi connectivity index (χ0v) is 11.9. The van der Waals surface area contributed by atoms with Crippen LogP contribution in [0.2, 0.25) is 0 Å². The van der Waals surface area contributed by atoms with E-state index in [1.807, 2.05) is 38.1 Å². The standard InChI is InChI=1S/C13H19BrN2O/c1-3-13(4-2,9-15)12(17)16-11-7-5-6-10(14)8-11/h5-8H,3-4,9,15H2,1-2H3,(H,16,17).